The van der Waals surface area contributed by atoms with Gasteiger partial charge in [0.05, 0.1) is 0 Å². The summed E-state index contributed by atoms with van der Waals surface area (Å²) in [6.07, 6.45) is 0.611. The first-order valence-corrected chi connectivity index (χ1v) is 4.32. The number of rotatable bonds is 4. The lowest BCUT2D eigenvalue weighted by atomic mass is 10.0. The number of aliphatic carboxylic acids is 1. The lowest BCUT2D eigenvalue weighted by Gasteiger charge is -2.04. The molecule has 0 saturated carbocycles. The number of aromatic nitrogens is 2. The predicted molar refractivity (Wildman–Crippen MR) is 47.4 cm³/mol. The quantitative estimate of drug-likeness (QED) is 0.725. The number of carboxylic acid groups (broad SMARTS) is 1. The van der Waals surface area contributed by atoms with Gasteiger partial charge in [-0.1, -0.05) is 24.2 Å². The monoisotopic (exact) mass is 199 g/mol. The molecule has 0 fully saturated rings. The van der Waals surface area contributed by atoms with Crippen LogP contribution in [0, 0.1) is 5.92 Å². The molecule has 0 amide bonds. The minimum atomic E-state index is -1.16. The summed E-state index contributed by atoms with van der Waals surface area (Å²) >= 11 is 0. The van der Waals surface area contributed by atoms with Crippen LogP contribution in [0.5, 0.6) is 0 Å². The van der Waals surface area contributed by atoms with E-state index in [-0.39, 0.29) is 5.69 Å². The maximum absolute atomic E-state index is 10.6. The Morgan fingerprint density at radius 1 is 1.57 bits per heavy atom. The molecular weight excluding hydrogens is 186 g/mol. The van der Waals surface area contributed by atoms with Gasteiger partial charge in [0, 0.05) is 0 Å². The number of nitrogens with two attached hydrogens (primary N) is 1. The summed E-state index contributed by atoms with van der Waals surface area (Å²) in [7, 11) is 0. The number of nitrogens with zero attached hydrogens (tertiary/aromatic N) is 2. The van der Waals surface area contributed by atoms with Crippen molar-refractivity contribution in [3.63, 3.8) is 0 Å². The van der Waals surface area contributed by atoms with Crippen LogP contribution < -0.4 is 5.73 Å². The van der Waals surface area contributed by atoms with Crippen LogP contribution in [0.1, 0.15) is 31.3 Å². The summed E-state index contributed by atoms with van der Waals surface area (Å²) in [6, 6.07) is -1.16. The van der Waals surface area contributed by atoms with Crippen molar-refractivity contribution in [1.29, 1.82) is 0 Å². The minimum absolute atomic E-state index is 0.214. The van der Waals surface area contributed by atoms with Crippen LogP contribution >= 0.6 is 0 Å². The molecule has 3 N–H and O–H groups in total. The van der Waals surface area contributed by atoms with Gasteiger partial charge >= 0.3 is 5.97 Å². The summed E-state index contributed by atoms with van der Waals surface area (Å²) in [5, 5.41) is 15.8. The summed E-state index contributed by atoms with van der Waals surface area (Å²) in [4.78, 5) is 10.6. The summed E-state index contributed by atoms with van der Waals surface area (Å²) in [5.74, 6) is -0.785. The Kier molecular flexibility index (Phi) is 3.19. The molecular formula is C8H13N3O3. The second-order valence-corrected chi connectivity index (χ2v) is 3.51. The van der Waals surface area contributed by atoms with E-state index in [2.05, 4.69) is 14.9 Å². The van der Waals surface area contributed by atoms with Gasteiger partial charge in [-0.05, 0) is 12.3 Å². The highest BCUT2D eigenvalue weighted by molar-refractivity contribution is 5.74. The maximum atomic E-state index is 10.6. The highest BCUT2D eigenvalue weighted by atomic mass is 16.6. The smallest absolute Gasteiger partial charge is 0.326 e. The number of carbonyl (C=O) groups is 1. The van der Waals surface area contributed by atoms with Crippen LogP contribution in [-0.4, -0.2) is 21.4 Å². The first kappa shape index (κ1) is 10.6. The average molecular weight is 199 g/mol. The van der Waals surface area contributed by atoms with Gasteiger partial charge in [0.25, 0.3) is 0 Å². The maximum Gasteiger partial charge on any atom is 0.326 e. The molecule has 6 heteroatoms. The average Bonchev–Trinajstić information content (AvgIpc) is 2.49. The Labute approximate surface area is 81.1 Å². The first-order valence-electron chi connectivity index (χ1n) is 4.32. The Hall–Kier alpha value is -1.43. The van der Waals surface area contributed by atoms with E-state index in [1.54, 1.807) is 0 Å². The predicted octanol–water partition coefficient (Wildman–Crippen LogP) is 0.353. The van der Waals surface area contributed by atoms with Gasteiger partial charge in [-0.15, -0.1) is 0 Å². The van der Waals surface area contributed by atoms with Crippen LogP contribution in [0.3, 0.4) is 0 Å². The van der Waals surface area contributed by atoms with Crippen LogP contribution in [0.2, 0.25) is 0 Å². The third-order valence-electron chi connectivity index (χ3n) is 1.75. The van der Waals surface area contributed by atoms with Gasteiger partial charge in [0.1, 0.15) is 11.4 Å². The van der Waals surface area contributed by atoms with E-state index in [4.69, 9.17) is 10.8 Å². The molecule has 0 aliphatic carbocycles. The molecule has 1 heterocycles. The summed E-state index contributed by atoms with van der Waals surface area (Å²) in [6.45, 7) is 3.98. The lowest BCUT2D eigenvalue weighted by molar-refractivity contribution is -0.138. The normalized spacial score (nSPS) is 13.1. The molecule has 0 aliphatic rings. The number of hydrogen-bond acceptors (Lipinski definition) is 5. The van der Waals surface area contributed by atoms with Crippen LogP contribution in [-0.2, 0) is 11.2 Å². The van der Waals surface area contributed by atoms with Gasteiger partial charge in [-0.3, -0.25) is 4.79 Å². The standard InChI is InChI=1S/C8H13N3O3/c1-4(2)3-5-7(11-14-10-5)6(9)8(12)13/h4,6H,3,9H2,1-2H3,(H,12,13). The molecule has 14 heavy (non-hydrogen) atoms. The van der Waals surface area contributed by atoms with Crippen molar-refractivity contribution in [3.05, 3.63) is 11.4 Å². The van der Waals surface area contributed by atoms with Crippen molar-refractivity contribution < 1.29 is 14.5 Å². The van der Waals surface area contributed by atoms with Gasteiger partial charge in [0.2, 0.25) is 0 Å². The lowest BCUT2D eigenvalue weighted by Crippen LogP contribution is -2.22. The molecule has 6 nitrogen and oxygen atoms in total. The molecule has 0 radical (unpaired) electrons. The van der Waals surface area contributed by atoms with E-state index in [1.165, 1.54) is 0 Å². The fourth-order valence-corrected chi connectivity index (χ4v) is 1.09. The molecule has 78 valence electrons. The molecule has 1 rings (SSSR count). The van der Waals surface area contributed by atoms with E-state index in [1.807, 2.05) is 13.8 Å². The molecule has 1 unspecified atom stereocenters. The van der Waals surface area contributed by atoms with Gasteiger partial charge in [0.15, 0.2) is 6.04 Å². The zero-order valence-corrected chi connectivity index (χ0v) is 8.10. The zero-order valence-electron chi connectivity index (χ0n) is 8.10. The molecule has 1 aromatic rings. The van der Waals surface area contributed by atoms with Gasteiger partial charge < -0.3 is 10.8 Å². The van der Waals surface area contributed by atoms with Crippen molar-refractivity contribution in [2.75, 3.05) is 0 Å². The van der Waals surface area contributed by atoms with E-state index in [0.717, 1.165) is 0 Å². The van der Waals surface area contributed by atoms with Crippen molar-refractivity contribution >= 4 is 5.97 Å². The SMILES string of the molecule is CC(C)Cc1nonc1C(N)C(=O)O. The zero-order chi connectivity index (χ0) is 10.7. The van der Waals surface area contributed by atoms with Crippen LogP contribution in [0.4, 0.5) is 0 Å². The molecule has 0 bridgehead atoms. The second-order valence-electron chi connectivity index (χ2n) is 3.51. The fraction of sp³-hybridized carbons (Fsp3) is 0.625. The highest BCUT2D eigenvalue weighted by Crippen LogP contribution is 2.15. The van der Waals surface area contributed by atoms with Crippen molar-refractivity contribution in [1.82, 2.24) is 10.3 Å². The van der Waals surface area contributed by atoms with E-state index in [0.29, 0.717) is 18.0 Å². The van der Waals surface area contributed by atoms with Gasteiger partial charge in [-0.2, -0.15) is 0 Å². The largest absolute Gasteiger partial charge is 0.480 e. The van der Waals surface area contributed by atoms with Crippen LogP contribution in [0.15, 0.2) is 4.63 Å². The summed E-state index contributed by atoms with van der Waals surface area (Å²) < 4.78 is 4.47. The Balaban J connectivity index is 2.86. The Morgan fingerprint density at radius 2 is 2.21 bits per heavy atom. The van der Waals surface area contributed by atoms with Crippen molar-refractivity contribution in [2.45, 2.75) is 26.3 Å². The molecule has 0 spiro atoms. The van der Waals surface area contributed by atoms with E-state index in [9.17, 15) is 4.79 Å². The Morgan fingerprint density at radius 3 is 2.71 bits per heavy atom. The third kappa shape index (κ3) is 2.29. The molecule has 0 saturated heterocycles. The second kappa shape index (κ2) is 4.19. The fourth-order valence-electron chi connectivity index (χ4n) is 1.09. The molecule has 0 aromatic carbocycles. The van der Waals surface area contributed by atoms with Crippen LogP contribution in [0.25, 0.3) is 0 Å². The number of hydrogen-bond donors (Lipinski definition) is 2. The van der Waals surface area contributed by atoms with Gasteiger partial charge in [-0.25, -0.2) is 4.63 Å². The minimum Gasteiger partial charge on any atom is -0.480 e. The van der Waals surface area contributed by atoms with E-state index >= 15 is 0 Å². The molecule has 1 atom stereocenters. The highest BCUT2D eigenvalue weighted by Gasteiger charge is 2.23. The molecule has 1 aromatic heterocycles. The molecule has 0 aliphatic heterocycles. The third-order valence-corrected chi connectivity index (χ3v) is 1.75. The number of carboxylic acids is 1. The topological polar surface area (TPSA) is 102 Å². The summed E-state index contributed by atoms with van der Waals surface area (Å²) in [5.41, 5.74) is 6.13. The van der Waals surface area contributed by atoms with Crippen molar-refractivity contribution in [3.8, 4) is 0 Å². The van der Waals surface area contributed by atoms with E-state index < -0.39 is 12.0 Å². The Bertz CT molecular complexity index is 321. The first-order chi connectivity index (χ1) is 6.52. The van der Waals surface area contributed by atoms with Crippen molar-refractivity contribution in [2.24, 2.45) is 11.7 Å².